The van der Waals surface area contributed by atoms with Gasteiger partial charge in [-0.3, -0.25) is 0 Å². The van der Waals surface area contributed by atoms with Crippen LogP contribution >= 0.6 is 0 Å². The minimum Gasteiger partial charge on any atom is -0.495 e. The minimum absolute atomic E-state index is 0.286. The van der Waals surface area contributed by atoms with Crippen molar-refractivity contribution in [1.82, 2.24) is 9.80 Å². The molecule has 8 heteroatoms. The van der Waals surface area contributed by atoms with E-state index in [1.807, 2.05) is 4.90 Å². The molecule has 0 aromatic heterocycles. The summed E-state index contributed by atoms with van der Waals surface area (Å²) in [6, 6.07) is 12.9. The molecule has 3 heterocycles. The van der Waals surface area contributed by atoms with E-state index >= 15 is 0 Å². The molecule has 34 heavy (non-hydrogen) atoms. The van der Waals surface area contributed by atoms with Crippen molar-refractivity contribution >= 4 is 17.6 Å². The van der Waals surface area contributed by atoms with Gasteiger partial charge < -0.3 is 29.4 Å². The molecule has 0 bridgehead atoms. The van der Waals surface area contributed by atoms with Gasteiger partial charge in [0.2, 0.25) is 0 Å². The number of rotatable bonds is 6. The Labute approximate surface area is 199 Å². The topological polar surface area (TPSA) is 60.8 Å². The number of nitrogens with zero attached hydrogens (tertiary/aromatic N) is 4. The van der Waals surface area contributed by atoms with Crippen molar-refractivity contribution < 1.29 is 19.1 Å². The number of likely N-dealkylation sites (N-methyl/N-ethyl adjacent to an activating group) is 1. The van der Waals surface area contributed by atoms with Crippen LogP contribution in [0, 0.1) is 5.82 Å². The third kappa shape index (κ3) is 3.80. The Hall–Kier alpha value is -3.10. The molecule has 180 valence electrons. The summed E-state index contributed by atoms with van der Waals surface area (Å²) in [4.78, 5) is 12.4. The number of aliphatic hydroxyl groups excluding tert-OH is 1. The first-order valence-electron chi connectivity index (χ1n) is 11.7. The van der Waals surface area contributed by atoms with Crippen LogP contribution in [0.25, 0.3) is 6.08 Å². The second-order valence-electron chi connectivity index (χ2n) is 9.33. The van der Waals surface area contributed by atoms with E-state index in [1.165, 1.54) is 12.1 Å². The Morgan fingerprint density at radius 1 is 1.24 bits per heavy atom. The van der Waals surface area contributed by atoms with Crippen LogP contribution in [0.1, 0.15) is 24.0 Å². The van der Waals surface area contributed by atoms with E-state index < -0.39 is 5.72 Å². The van der Waals surface area contributed by atoms with Gasteiger partial charge >= 0.3 is 0 Å². The monoisotopic (exact) mass is 466 g/mol. The summed E-state index contributed by atoms with van der Waals surface area (Å²) in [6.07, 6.45) is 3.86. The molecule has 1 N–H and O–H groups in total. The zero-order valence-electron chi connectivity index (χ0n) is 19.9. The van der Waals surface area contributed by atoms with Gasteiger partial charge in [0.05, 0.1) is 12.8 Å². The van der Waals surface area contributed by atoms with Crippen molar-refractivity contribution in [2.24, 2.45) is 5.16 Å². The molecule has 0 radical (unpaired) electrons. The van der Waals surface area contributed by atoms with Crippen molar-refractivity contribution in [2.45, 2.75) is 24.6 Å². The SMILES string of the molecule is COc1cc(C=C2CCCN3C2=NOC3(CO)c2ccc(F)cc2)ccc1N1CC(N(C)C)C1. The first kappa shape index (κ1) is 22.7. The molecule has 1 unspecified atom stereocenters. The fraction of sp³-hybridized carbons (Fsp3) is 0.423. The Kier molecular flexibility index (Phi) is 5.95. The van der Waals surface area contributed by atoms with Gasteiger partial charge in [0.15, 0.2) is 5.84 Å². The number of piperidine rings is 1. The molecule has 3 aliphatic rings. The van der Waals surface area contributed by atoms with E-state index in [4.69, 9.17) is 9.57 Å². The van der Waals surface area contributed by atoms with Gasteiger partial charge in [-0.15, -0.1) is 0 Å². The van der Waals surface area contributed by atoms with Gasteiger partial charge in [0.25, 0.3) is 5.72 Å². The van der Waals surface area contributed by atoms with Gasteiger partial charge in [0.1, 0.15) is 18.2 Å². The van der Waals surface area contributed by atoms with Crippen LogP contribution in [0.5, 0.6) is 5.75 Å². The van der Waals surface area contributed by atoms with Gasteiger partial charge in [-0.05, 0) is 80.5 Å². The maximum atomic E-state index is 13.5. The maximum Gasteiger partial charge on any atom is 0.260 e. The largest absolute Gasteiger partial charge is 0.495 e. The number of fused-ring (bicyclic) bond motifs is 1. The summed E-state index contributed by atoms with van der Waals surface area (Å²) in [5.41, 5.74) is 2.70. The number of ether oxygens (including phenoxy) is 1. The Morgan fingerprint density at radius 3 is 2.68 bits per heavy atom. The Bertz CT molecular complexity index is 1110. The Morgan fingerprint density at radius 2 is 2.00 bits per heavy atom. The van der Waals surface area contributed by atoms with E-state index in [1.54, 1.807) is 19.2 Å². The zero-order chi connectivity index (χ0) is 23.9. The molecule has 2 aromatic carbocycles. The summed E-state index contributed by atoms with van der Waals surface area (Å²) in [5, 5.41) is 14.7. The van der Waals surface area contributed by atoms with Crippen LogP contribution in [-0.4, -0.2) is 74.2 Å². The molecule has 1 atom stereocenters. The molecule has 0 amide bonds. The molecule has 2 saturated heterocycles. The number of hydrogen-bond acceptors (Lipinski definition) is 7. The number of methoxy groups -OCH3 is 1. The van der Waals surface area contributed by atoms with Crippen LogP contribution in [0.2, 0.25) is 0 Å². The van der Waals surface area contributed by atoms with E-state index in [-0.39, 0.29) is 12.4 Å². The molecular weight excluding hydrogens is 435 g/mol. The fourth-order valence-corrected chi connectivity index (χ4v) is 4.93. The zero-order valence-corrected chi connectivity index (χ0v) is 19.9. The molecule has 0 aliphatic carbocycles. The van der Waals surface area contributed by atoms with Crippen molar-refractivity contribution in [1.29, 1.82) is 0 Å². The number of halogens is 1. The van der Waals surface area contributed by atoms with E-state index in [0.717, 1.165) is 48.5 Å². The molecule has 7 nitrogen and oxygen atoms in total. The standard InChI is InChI=1S/C26H31FN4O3/c1-29(2)22-15-30(16-22)23-11-6-18(14-24(23)33-3)13-19-5-4-12-31-25(19)28-34-26(31,17-32)20-7-9-21(27)10-8-20/h6-11,13-14,22,32H,4-5,12,15-17H2,1-3H3. The highest BCUT2D eigenvalue weighted by Crippen LogP contribution is 2.41. The van der Waals surface area contributed by atoms with Gasteiger partial charge in [0, 0.05) is 31.2 Å². The lowest BCUT2D eigenvalue weighted by molar-refractivity contribution is -0.137. The predicted molar refractivity (Wildman–Crippen MR) is 130 cm³/mol. The number of anilines is 1. The third-order valence-corrected chi connectivity index (χ3v) is 7.08. The summed E-state index contributed by atoms with van der Waals surface area (Å²) in [7, 11) is 5.92. The lowest BCUT2D eigenvalue weighted by Gasteiger charge is -2.44. The first-order valence-corrected chi connectivity index (χ1v) is 11.7. The smallest absolute Gasteiger partial charge is 0.260 e. The van der Waals surface area contributed by atoms with E-state index in [9.17, 15) is 9.50 Å². The molecule has 3 aliphatic heterocycles. The summed E-state index contributed by atoms with van der Waals surface area (Å²) in [5.74, 6) is 1.23. The van der Waals surface area contributed by atoms with Crippen LogP contribution in [-0.2, 0) is 10.6 Å². The first-order chi connectivity index (χ1) is 16.4. The van der Waals surface area contributed by atoms with Gasteiger partial charge in [-0.2, -0.15) is 0 Å². The van der Waals surface area contributed by atoms with Crippen molar-refractivity contribution in [3.63, 3.8) is 0 Å². The second kappa shape index (κ2) is 8.92. The van der Waals surface area contributed by atoms with E-state index in [2.05, 4.69) is 53.3 Å². The van der Waals surface area contributed by atoms with Gasteiger partial charge in [-0.1, -0.05) is 11.2 Å². The average molecular weight is 467 g/mol. The molecule has 2 aromatic rings. The number of amidine groups is 1. The summed E-state index contributed by atoms with van der Waals surface area (Å²) in [6.45, 7) is 2.38. The van der Waals surface area contributed by atoms with Crippen LogP contribution < -0.4 is 9.64 Å². The van der Waals surface area contributed by atoms with Crippen molar-refractivity contribution in [2.75, 3.05) is 52.3 Å². The molecule has 2 fully saturated rings. The highest BCUT2D eigenvalue weighted by Gasteiger charge is 2.49. The molecule has 0 spiro atoms. The number of oxime groups is 1. The number of aliphatic hydroxyl groups is 1. The molecule has 0 saturated carbocycles. The summed E-state index contributed by atoms with van der Waals surface area (Å²) >= 11 is 0. The lowest BCUT2D eigenvalue weighted by Crippen LogP contribution is -2.57. The number of hydrogen-bond donors (Lipinski definition) is 1. The van der Waals surface area contributed by atoms with Crippen LogP contribution in [0.15, 0.2) is 53.2 Å². The predicted octanol–water partition coefficient (Wildman–Crippen LogP) is 3.25. The molecule has 5 rings (SSSR count). The number of benzene rings is 2. The average Bonchev–Trinajstić information content (AvgIpc) is 3.20. The van der Waals surface area contributed by atoms with Crippen LogP contribution in [0.3, 0.4) is 0 Å². The fourth-order valence-electron chi connectivity index (χ4n) is 4.93. The van der Waals surface area contributed by atoms with Crippen molar-refractivity contribution in [3.05, 3.63) is 65.0 Å². The minimum atomic E-state index is -1.13. The Balaban J connectivity index is 1.40. The third-order valence-electron chi connectivity index (χ3n) is 7.08. The normalized spacial score (nSPS) is 23.6. The lowest BCUT2D eigenvalue weighted by atomic mass is 9.94. The summed E-state index contributed by atoms with van der Waals surface area (Å²) < 4.78 is 19.2. The van der Waals surface area contributed by atoms with E-state index in [0.29, 0.717) is 24.0 Å². The second-order valence-corrected chi connectivity index (χ2v) is 9.33. The maximum absolute atomic E-state index is 13.5. The highest BCUT2D eigenvalue weighted by atomic mass is 19.1. The quantitative estimate of drug-likeness (QED) is 0.705. The van der Waals surface area contributed by atoms with Crippen LogP contribution in [0.4, 0.5) is 10.1 Å². The highest BCUT2D eigenvalue weighted by molar-refractivity contribution is 6.03. The van der Waals surface area contributed by atoms with Crippen molar-refractivity contribution in [3.8, 4) is 5.75 Å². The molecular formula is C26H31FN4O3. The van der Waals surface area contributed by atoms with Gasteiger partial charge in [-0.25, -0.2) is 4.39 Å².